The predicted molar refractivity (Wildman–Crippen MR) is 104 cm³/mol. The molecule has 1 N–H and O–H groups in total. The lowest BCUT2D eigenvalue weighted by atomic mass is 10.1. The van der Waals surface area contributed by atoms with Gasteiger partial charge in [-0.05, 0) is 38.0 Å². The summed E-state index contributed by atoms with van der Waals surface area (Å²) >= 11 is 1.43. The number of hydrogen-bond donors (Lipinski definition) is 1. The number of benzene rings is 1. The van der Waals surface area contributed by atoms with Gasteiger partial charge in [0.15, 0.2) is 5.13 Å². The standard InChI is InChI=1S/C19H25N3O3S/c1-5-15-6-8-16(9-7-15)18(24)22(10-11-25-4)12-17(23)21-19-20-13(2)14(3)26-19/h6-9H,5,10-12H2,1-4H3,(H,20,21,23). The number of nitrogens with one attached hydrogen (secondary N) is 1. The van der Waals surface area contributed by atoms with Gasteiger partial charge in [0.25, 0.3) is 5.91 Å². The van der Waals surface area contributed by atoms with Crippen molar-refractivity contribution in [1.82, 2.24) is 9.88 Å². The Bertz CT molecular complexity index is 736. The molecule has 0 aliphatic heterocycles. The summed E-state index contributed by atoms with van der Waals surface area (Å²) in [4.78, 5) is 32.0. The Morgan fingerprint density at radius 3 is 2.46 bits per heavy atom. The number of thiazole rings is 1. The molecule has 0 atom stereocenters. The first kappa shape index (κ1) is 20.1. The van der Waals surface area contributed by atoms with Crippen molar-refractivity contribution in [2.24, 2.45) is 0 Å². The summed E-state index contributed by atoms with van der Waals surface area (Å²) in [5, 5.41) is 3.32. The maximum atomic E-state index is 12.8. The van der Waals surface area contributed by atoms with Gasteiger partial charge >= 0.3 is 0 Å². The zero-order valence-electron chi connectivity index (χ0n) is 15.7. The Balaban J connectivity index is 2.07. The normalized spacial score (nSPS) is 10.6. The first-order chi connectivity index (χ1) is 12.4. The lowest BCUT2D eigenvalue weighted by molar-refractivity contribution is -0.117. The number of methoxy groups -OCH3 is 1. The molecule has 7 heteroatoms. The summed E-state index contributed by atoms with van der Waals surface area (Å²) in [6.07, 6.45) is 0.914. The van der Waals surface area contributed by atoms with E-state index in [1.54, 1.807) is 19.2 Å². The van der Waals surface area contributed by atoms with E-state index < -0.39 is 0 Å². The molecule has 0 fully saturated rings. The third kappa shape index (κ3) is 5.37. The van der Waals surface area contributed by atoms with E-state index in [0.29, 0.717) is 23.8 Å². The Labute approximate surface area is 158 Å². The molecule has 1 heterocycles. The fraction of sp³-hybridized carbons (Fsp3) is 0.421. The van der Waals surface area contributed by atoms with Crippen LogP contribution in [-0.4, -0.2) is 48.5 Å². The summed E-state index contributed by atoms with van der Waals surface area (Å²) in [7, 11) is 1.57. The SMILES string of the molecule is CCc1ccc(C(=O)N(CCOC)CC(=O)Nc2nc(C)c(C)s2)cc1. The number of aromatic nitrogens is 1. The van der Waals surface area contributed by atoms with Crippen LogP contribution in [0.25, 0.3) is 0 Å². The van der Waals surface area contributed by atoms with Crippen molar-refractivity contribution in [3.05, 3.63) is 46.0 Å². The number of carbonyl (C=O) groups excluding carboxylic acids is 2. The average Bonchev–Trinajstić information content (AvgIpc) is 2.95. The molecule has 2 amide bonds. The first-order valence-corrected chi connectivity index (χ1v) is 9.37. The van der Waals surface area contributed by atoms with Crippen molar-refractivity contribution in [1.29, 1.82) is 0 Å². The second-order valence-corrected chi connectivity index (χ2v) is 7.18. The number of rotatable bonds is 8. The van der Waals surface area contributed by atoms with E-state index >= 15 is 0 Å². The van der Waals surface area contributed by atoms with Crippen molar-refractivity contribution in [3.63, 3.8) is 0 Å². The van der Waals surface area contributed by atoms with Crippen LogP contribution >= 0.6 is 11.3 Å². The molecule has 0 saturated carbocycles. The fourth-order valence-corrected chi connectivity index (χ4v) is 3.21. The van der Waals surface area contributed by atoms with Gasteiger partial charge in [-0.1, -0.05) is 19.1 Å². The van der Waals surface area contributed by atoms with E-state index in [4.69, 9.17) is 4.74 Å². The largest absolute Gasteiger partial charge is 0.383 e. The molecule has 2 aromatic rings. The number of hydrogen-bond acceptors (Lipinski definition) is 5. The summed E-state index contributed by atoms with van der Waals surface area (Å²) in [5.41, 5.74) is 2.62. The van der Waals surface area contributed by atoms with Crippen LogP contribution in [0.2, 0.25) is 0 Å². The lowest BCUT2D eigenvalue weighted by Gasteiger charge is -2.21. The van der Waals surface area contributed by atoms with Crippen molar-refractivity contribution in [2.75, 3.05) is 32.1 Å². The molecule has 0 radical (unpaired) electrons. The molecule has 6 nitrogen and oxygen atoms in total. The first-order valence-electron chi connectivity index (χ1n) is 8.55. The molecule has 0 unspecified atom stereocenters. The smallest absolute Gasteiger partial charge is 0.254 e. The second kappa shape index (κ2) is 9.45. The van der Waals surface area contributed by atoms with Gasteiger partial charge in [0.05, 0.1) is 12.3 Å². The monoisotopic (exact) mass is 375 g/mol. The lowest BCUT2D eigenvalue weighted by Crippen LogP contribution is -2.40. The van der Waals surface area contributed by atoms with Crippen LogP contribution in [0.3, 0.4) is 0 Å². The van der Waals surface area contributed by atoms with Gasteiger partial charge in [0.2, 0.25) is 5.91 Å². The van der Waals surface area contributed by atoms with Crippen molar-refractivity contribution < 1.29 is 14.3 Å². The molecule has 0 spiro atoms. The van der Waals surface area contributed by atoms with Gasteiger partial charge in [-0.2, -0.15) is 0 Å². The molecular formula is C19H25N3O3S. The number of anilines is 1. The number of nitrogens with zero attached hydrogens (tertiary/aromatic N) is 2. The Morgan fingerprint density at radius 2 is 1.92 bits per heavy atom. The van der Waals surface area contributed by atoms with Gasteiger partial charge in [0, 0.05) is 24.1 Å². The summed E-state index contributed by atoms with van der Waals surface area (Å²) in [6.45, 7) is 6.58. The van der Waals surface area contributed by atoms with E-state index in [1.807, 2.05) is 26.0 Å². The summed E-state index contributed by atoms with van der Waals surface area (Å²) < 4.78 is 5.08. The summed E-state index contributed by atoms with van der Waals surface area (Å²) in [5.74, 6) is -0.459. The highest BCUT2D eigenvalue weighted by Crippen LogP contribution is 2.21. The zero-order valence-corrected chi connectivity index (χ0v) is 16.5. The molecular weight excluding hydrogens is 350 g/mol. The number of amides is 2. The predicted octanol–water partition coefficient (Wildman–Crippen LogP) is 3.05. The van der Waals surface area contributed by atoms with Crippen molar-refractivity contribution in [2.45, 2.75) is 27.2 Å². The van der Waals surface area contributed by atoms with Crippen LogP contribution in [0.5, 0.6) is 0 Å². The van der Waals surface area contributed by atoms with Crippen LogP contribution in [0.15, 0.2) is 24.3 Å². The van der Waals surface area contributed by atoms with E-state index in [1.165, 1.54) is 16.2 Å². The van der Waals surface area contributed by atoms with Gasteiger partial charge in [-0.25, -0.2) is 4.98 Å². The highest BCUT2D eigenvalue weighted by Gasteiger charge is 2.19. The molecule has 0 aliphatic carbocycles. The van der Waals surface area contributed by atoms with Gasteiger partial charge in [-0.3, -0.25) is 9.59 Å². The molecule has 140 valence electrons. The van der Waals surface area contributed by atoms with Gasteiger partial charge in [-0.15, -0.1) is 11.3 Å². The Hall–Kier alpha value is -2.25. The second-order valence-electron chi connectivity index (χ2n) is 5.98. The Morgan fingerprint density at radius 1 is 1.23 bits per heavy atom. The Kier molecular flexibility index (Phi) is 7.29. The van der Waals surface area contributed by atoms with Crippen molar-refractivity contribution in [3.8, 4) is 0 Å². The third-order valence-electron chi connectivity index (χ3n) is 4.07. The molecule has 1 aromatic heterocycles. The molecule has 1 aromatic carbocycles. The third-order valence-corrected chi connectivity index (χ3v) is 5.06. The van der Waals surface area contributed by atoms with Crippen LogP contribution < -0.4 is 5.32 Å². The maximum Gasteiger partial charge on any atom is 0.254 e. The summed E-state index contributed by atoms with van der Waals surface area (Å²) in [6, 6.07) is 7.46. The van der Waals surface area contributed by atoms with Crippen molar-refractivity contribution >= 4 is 28.3 Å². The number of aryl methyl sites for hydroxylation is 3. The van der Waals surface area contributed by atoms with E-state index in [2.05, 4.69) is 17.2 Å². The average molecular weight is 375 g/mol. The van der Waals surface area contributed by atoms with Crippen LogP contribution in [0.1, 0.15) is 33.4 Å². The van der Waals surface area contributed by atoms with Crippen LogP contribution in [-0.2, 0) is 16.0 Å². The molecule has 0 bridgehead atoms. The van der Waals surface area contributed by atoms with Crippen LogP contribution in [0.4, 0.5) is 5.13 Å². The highest BCUT2D eigenvalue weighted by molar-refractivity contribution is 7.15. The molecule has 0 saturated heterocycles. The van der Waals surface area contributed by atoms with Gasteiger partial charge in [0.1, 0.15) is 6.54 Å². The fourth-order valence-electron chi connectivity index (χ4n) is 2.38. The quantitative estimate of drug-likeness (QED) is 0.770. The number of carbonyl (C=O) groups is 2. The number of ether oxygens (including phenoxy) is 1. The topological polar surface area (TPSA) is 71.5 Å². The molecule has 0 aliphatic rings. The van der Waals surface area contributed by atoms with E-state index in [9.17, 15) is 9.59 Å². The highest BCUT2D eigenvalue weighted by atomic mass is 32.1. The van der Waals surface area contributed by atoms with E-state index in [0.717, 1.165) is 22.6 Å². The minimum atomic E-state index is -0.270. The minimum Gasteiger partial charge on any atom is -0.383 e. The zero-order chi connectivity index (χ0) is 19.1. The maximum absolute atomic E-state index is 12.8. The van der Waals surface area contributed by atoms with Gasteiger partial charge < -0.3 is 15.0 Å². The molecule has 2 rings (SSSR count). The minimum absolute atomic E-state index is 0.0462. The van der Waals surface area contributed by atoms with Crippen LogP contribution in [0, 0.1) is 13.8 Å². The van der Waals surface area contributed by atoms with E-state index in [-0.39, 0.29) is 18.4 Å². The molecule has 26 heavy (non-hydrogen) atoms.